The SMILES string of the molecule is O=C(NC(c1ccc(Cl)cc1)C1CC1)c1ccc2c(=O)[nH]c(=S)[nH]c2c1. The lowest BCUT2D eigenvalue weighted by Crippen LogP contribution is -2.30. The molecule has 1 amide bonds. The summed E-state index contributed by atoms with van der Waals surface area (Å²) in [6.07, 6.45) is 2.18. The summed E-state index contributed by atoms with van der Waals surface area (Å²) < 4.78 is 0.233. The summed E-state index contributed by atoms with van der Waals surface area (Å²) in [6, 6.07) is 12.4. The molecule has 132 valence electrons. The third-order valence-corrected chi connectivity index (χ3v) is 5.07. The van der Waals surface area contributed by atoms with E-state index in [1.54, 1.807) is 18.2 Å². The van der Waals surface area contributed by atoms with E-state index in [4.69, 9.17) is 23.8 Å². The Labute approximate surface area is 159 Å². The largest absolute Gasteiger partial charge is 0.345 e. The summed E-state index contributed by atoms with van der Waals surface area (Å²) in [4.78, 5) is 30.1. The number of fused-ring (bicyclic) bond motifs is 1. The van der Waals surface area contributed by atoms with Gasteiger partial charge in [-0.1, -0.05) is 23.7 Å². The number of nitrogens with one attached hydrogen (secondary N) is 3. The molecule has 1 heterocycles. The summed E-state index contributed by atoms with van der Waals surface area (Å²) in [5, 5.41) is 4.25. The van der Waals surface area contributed by atoms with Crippen molar-refractivity contribution in [3.8, 4) is 0 Å². The van der Waals surface area contributed by atoms with Crippen LogP contribution in [0.5, 0.6) is 0 Å². The van der Waals surface area contributed by atoms with E-state index in [2.05, 4.69) is 15.3 Å². The van der Waals surface area contributed by atoms with E-state index < -0.39 is 0 Å². The lowest BCUT2D eigenvalue weighted by atomic mass is 10.0. The van der Waals surface area contributed by atoms with Crippen LogP contribution in [0, 0.1) is 10.7 Å². The van der Waals surface area contributed by atoms with Gasteiger partial charge in [0.25, 0.3) is 11.5 Å². The number of carbonyl (C=O) groups excluding carboxylic acids is 1. The lowest BCUT2D eigenvalue weighted by Gasteiger charge is -2.19. The molecule has 3 N–H and O–H groups in total. The van der Waals surface area contributed by atoms with Crippen molar-refractivity contribution in [3.05, 3.63) is 73.7 Å². The van der Waals surface area contributed by atoms with E-state index in [9.17, 15) is 9.59 Å². The summed E-state index contributed by atoms with van der Waals surface area (Å²) in [5.41, 5.74) is 1.80. The normalized spacial score (nSPS) is 15.0. The van der Waals surface area contributed by atoms with Crippen LogP contribution in [0.2, 0.25) is 5.02 Å². The maximum Gasteiger partial charge on any atom is 0.259 e. The van der Waals surface area contributed by atoms with Crippen LogP contribution in [0.1, 0.15) is 34.8 Å². The van der Waals surface area contributed by atoms with Gasteiger partial charge in [0.05, 0.1) is 16.9 Å². The van der Waals surface area contributed by atoms with Gasteiger partial charge in [0.1, 0.15) is 0 Å². The Hall–Kier alpha value is -2.44. The number of carbonyl (C=O) groups is 1. The average molecular weight is 386 g/mol. The van der Waals surface area contributed by atoms with Gasteiger partial charge in [0.2, 0.25) is 0 Å². The molecular weight excluding hydrogens is 370 g/mol. The van der Waals surface area contributed by atoms with Crippen LogP contribution in [-0.2, 0) is 0 Å². The fraction of sp³-hybridized carbons (Fsp3) is 0.211. The smallest absolute Gasteiger partial charge is 0.259 e. The van der Waals surface area contributed by atoms with Gasteiger partial charge in [-0.05, 0) is 66.9 Å². The highest BCUT2D eigenvalue weighted by Crippen LogP contribution is 2.41. The monoisotopic (exact) mass is 385 g/mol. The molecule has 0 radical (unpaired) electrons. The maximum atomic E-state index is 12.8. The topological polar surface area (TPSA) is 77.8 Å². The van der Waals surface area contributed by atoms with Crippen LogP contribution in [-0.4, -0.2) is 15.9 Å². The van der Waals surface area contributed by atoms with Gasteiger partial charge in [-0.3, -0.25) is 14.6 Å². The number of hydrogen-bond donors (Lipinski definition) is 3. The van der Waals surface area contributed by atoms with E-state index in [-0.39, 0.29) is 22.3 Å². The van der Waals surface area contributed by atoms with Gasteiger partial charge < -0.3 is 10.3 Å². The molecule has 7 heteroatoms. The van der Waals surface area contributed by atoms with Crippen molar-refractivity contribution >= 4 is 40.6 Å². The highest BCUT2D eigenvalue weighted by Gasteiger charge is 2.33. The first-order valence-corrected chi connectivity index (χ1v) is 9.12. The predicted molar refractivity (Wildman–Crippen MR) is 104 cm³/mol. The maximum absolute atomic E-state index is 12.8. The molecular formula is C19H16ClN3O2S. The predicted octanol–water partition coefficient (Wildman–Crippen LogP) is 4.12. The van der Waals surface area contributed by atoms with Gasteiger partial charge in [-0.25, -0.2) is 0 Å². The molecule has 0 bridgehead atoms. The van der Waals surface area contributed by atoms with Crippen molar-refractivity contribution in [1.82, 2.24) is 15.3 Å². The number of aromatic amines is 2. The van der Waals surface area contributed by atoms with Crippen LogP contribution >= 0.6 is 23.8 Å². The number of aromatic nitrogens is 2. The van der Waals surface area contributed by atoms with Crippen molar-refractivity contribution < 1.29 is 4.79 Å². The molecule has 1 aromatic heterocycles. The van der Waals surface area contributed by atoms with Gasteiger partial charge in [0, 0.05) is 10.6 Å². The second-order valence-corrected chi connectivity index (χ2v) is 7.35. The highest BCUT2D eigenvalue weighted by atomic mass is 35.5. The van der Waals surface area contributed by atoms with E-state index in [0.29, 0.717) is 27.4 Å². The first-order valence-electron chi connectivity index (χ1n) is 8.34. The van der Waals surface area contributed by atoms with E-state index >= 15 is 0 Å². The summed E-state index contributed by atoms with van der Waals surface area (Å²) in [6.45, 7) is 0. The van der Waals surface area contributed by atoms with E-state index in [1.165, 1.54) is 0 Å². The number of H-pyrrole nitrogens is 2. The van der Waals surface area contributed by atoms with Crippen molar-refractivity contribution in [2.45, 2.75) is 18.9 Å². The van der Waals surface area contributed by atoms with E-state index in [0.717, 1.165) is 18.4 Å². The molecule has 0 saturated heterocycles. The summed E-state index contributed by atoms with van der Waals surface area (Å²) >= 11 is 11.0. The van der Waals surface area contributed by atoms with Gasteiger partial charge >= 0.3 is 0 Å². The van der Waals surface area contributed by atoms with Crippen LogP contribution in [0.3, 0.4) is 0 Å². The molecule has 26 heavy (non-hydrogen) atoms. The molecule has 1 saturated carbocycles. The van der Waals surface area contributed by atoms with Crippen molar-refractivity contribution in [1.29, 1.82) is 0 Å². The quantitative estimate of drug-likeness (QED) is 0.591. The van der Waals surface area contributed by atoms with Crippen molar-refractivity contribution in [3.63, 3.8) is 0 Å². The van der Waals surface area contributed by atoms with Gasteiger partial charge in [0.15, 0.2) is 4.77 Å². The molecule has 3 aromatic rings. The van der Waals surface area contributed by atoms with Crippen molar-refractivity contribution in [2.24, 2.45) is 5.92 Å². The number of benzene rings is 2. The number of hydrogen-bond acceptors (Lipinski definition) is 3. The second-order valence-electron chi connectivity index (χ2n) is 6.51. The Morgan fingerprint density at radius 2 is 1.88 bits per heavy atom. The van der Waals surface area contributed by atoms with Gasteiger partial charge in [-0.15, -0.1) is 0 Å². The number of rotatable bonds is 4. The van der Waals surface area contributed by atoms with Crippen LogP contribution in [0.25, 0.3) is 10.9 Å². The standard InChI is InChI=1S/C19H16ClN3O2S/c20-13-6-3-11(4-7-13)16(10-1-2-10)22-17(24)12-5-8-14-15(9-12)21-19(26)23-18(14)25/h3-10,16H,1-2H2,(H,22,24)(H2,21,23,25,26). The molecule has 4 rings (SSSR count). The number of halogens is 1. The fourth-order valence-electron chi connectivity index (χ4n) is 3.11. The Kier molecular flexibility index (Phi) is 4.38. The Morgan fingerprint density at radius 3 is 2.58 bits per heavy atom. The first-order chi connectivity index (χ1) is 12.5. The molecule has 2 aromatic carbocycles. The minimum atomic E-state index is -0.271. The molecule has 5 nitrogen and oxygen atoms in total. The Morgan fingerprint density at radius 1 is 1.15 bits per heavy atom. The lowest BCUT2D eigenvalue weighted by molar-refractivity contribution is 0.0932. The molecule has 1 fully saturated rings. The molecule has 1 atom stereocenters. The minimum Gasteiger partial charge on any atom is -0.345 e. The Balaban J connectivity index is 1.64. The summed E-state index contributed by atoms with van der Waals surface area (Å²) in [7, 11) is 0. The van der Waals surface area contributed by atoms with Crippen LogP contribution in [0.15, 0.2) is 47.3 Å². The Bertz CT molecular complexity index is 1100. The zero-order valence-electron chi connectivity index (χ0n) is 13.7. The average Bonchev–Trinajstić information content (AvgIpc) is 3.44. The molecule has 1 aliphatic carbocycles. The fourth-order valence-corrected chi connectivity index (χ4v) is 3.44. The first kappa shape index (κ1) is 17.0. The zero-order valence-corrected chi connectivity index (χ0v) is 15.3. The third-order valence-electron chi connectivity index (χ3n) is 4.61. The highest BCUT2D eigenvalue weighted by molar-refractivity contribution is 7.71. The number of amides is 1. The molecule has 1 aliphatic rings. The molecule has 1 unspecified atom stereocenters. The third kappa shape index (κ3) is 3.43. The zero-order chi connectivity index (χ0) is 18.3. The summed E-state index contributed by atoms with van der Waals surface area (Å²) in [5.74, 6) is 0.257. The van der Waals surface area contributed by atoms with E-state index in [1.807, 2.05) is 24.3 Å². The van der Waals surface area contributed by atoms with Gasteiger partial charge in [-0.2, -0.15) is 0 Å². The molecule has 0 aliphatic heterocycles. The molecule has 0 spiro atoms. The van der Waals surface area contributed by atoms with Crippen LogP contribution < -0.4 is 10.9 Å². The minimum absolute atomic E-state index is 0.0480. The van der Waals surface area contributed by atoms with Crippen LogP contribution in [0.4, 0.5) is 0 Å². The second kappa shape index (κ2) is 6.70. The van der Waals surface area contributed by atoms with Crippen molar-refractivity contribution in [2.75, 3.05) is 0 Å².